The fraction of sp³-hybridized carbons (Fsp3) is 0.217. The summed E-state index contributed by atoms with van der Waals surface area (Å²) in [5, 5.41) is 4.85. The van der Waals surface area contributed by atoms with E-state index in [0.29, 0.717) is 28.7 Å². The van der Waals surface area contributed by atoms with Gasteiger partial charge in [0.1, 0.15) is 18.1 Å². The first-order valence-electron chi connectivity index (χ1n) is 9.17. The van der Waals surface area contributed by atoms with E-state index in [1.165, 1.54) is 0 Å². The summed E-state index contributed by atoms with van der Waals surface area (Å²) < 4.78 is 13.0. The number of ether oxygens (including phenoxy) is 2. The molecule has 5 nitrogen and oxygen atoms in total. The highest BCUT2D eigenvalue weighted by atomic mass is 35.5. The molecule has 0 amide bonds. The fourth-order valence-electron chi connectivity index (χ4n) is 3.12. The summed E-state index contributed by atoms with van der Waals surface area (Å²) in [7, 11) is 3.44. The van der Waals surface area contributed by atoms with Gasteiger partial charge >= 0.3 is 0 Å². The molecule has 29 heavy (non-hydrogen) atoms. The minimum absolute atomic E-state index is 0.0715. The Kier molecular flexibility index (Phi) is 6.39. The standard InChI is InChI=1S/C23H23ClN2O3/c1-15-23(16(2)26(3)25-15)20(27)11-9-17-10-12-21(28-4)18(13-17)14-29-22-8-6-5-7-19(22)24/h5-13H,14H2,1-4H3/b11-9+. The molecule has 0 fully saturated rings. The van der Waals surface area contributed by atoms with E-state index in [2.05, 4.69) is 5.10 Å². The highest BCUT2D eigenvalue weighted by Crippen LogP contribution is 2.27. The van der Waals surface area contributed by atoms with E-state index >= 15 is 0 Å². The highest BCUT2D eigenvalue weighted by Gasteiger charge is 2.15. The summed E-state index contributed by atoms with van der Waals surface area (Å²) in [5.41, 5.74) is 3.94. The van der Waals surface area contributed by atoms with Gasteiger partial charge in [0, 0.05) is 18.3 Å². The number of aromatic nitrogens is 2. The maximum absolute atomic E-state index is 12.6. The van der Waals surface area contributed by atoms with Gasteiger partial charge < -0.3 is 9.47 Å². The number of rotatable bonds is 7. The Hall–Kier alpha value is -3.05. The zero-order valence-electron chi connectivity index (χ0n) is 16.9. The van der Waals surface area contributed by atoms with E-state index in [9.17, 15) is 4.79 Å². The molecule has 0 saturated heterocycles. The molecular weight excluding hydrogens is 388 g/mol. The molecule has 0 spiro atoms. The number of para-hydroxylation sites is 1. The normalized spacial score (nSPS) is 11.1. The van der Waals surface area contributed by atoms with Crippen molar-refractivity contribution in [3.63, 3.8) is 0 Å². The molecule has 1 aromatic heterocycles. The van der Waals surface area contributed by atoms with Crippen molar-refractivity contribution in [1.29, 1.82) is 0 Å². The Morgan fingerprint density at radius 3 is 2.59 bits per heavy atom. The van der Waals surface area contributed by atoms with E-state index < -0.39 is 0 Å². The number of aryl methyl sites for hydroxylation is 2. The van der Waals surface area contributed by atoms with Crippen LogP contribution in [0, 0.1) is 13.8 Å². The maximum atomic E-state index is 12.6. The second-order valence-corrected chi connectivity index (χ2v) is 7.06. The molecule has 3 rings (SSSR count). The third-order valence-corrected chi connectivity index (χ3v) is 5.02. The molecule has 150 valence electrons. The first-order valence-corrected chi connectivity index (χ1v) is 9.55. The first-order chi connectivity index (χ1) is 13.9. The number of hydrogen-bond donors (Lipinski definition) is 0. The third kappa shape index (κ3) is 4.69. The molecule has 0 radical (unpaired) electrons. The smallest absolute Gasteiger partial charge is 0.189 e. The van der Waals surface area contributed by atoms with Crippen molar-refractivity contribution in [3.8, 4) is 11.5 Å². The highest BCUT2D eigenvalue weighted by molar-refractivity contribution is 6.32. The van der Waals surface area contributed by atoms with Gasteiger partial charge in [-0.15, -0.1) is 0 Å². The van der Waals surface area contributed by atoms with Gasteiger partial charge in [-0.05, 0) is 49.8 Å². The van der Waals surface area contributed by atoms with Crippen LogP contribution in [0.3, 0.4) is 0 Å². The number of benzene rings is 2. The van der Waals surface area contributed by atoms with Crippen LogP contribution < -0.4 is 9.47 Å². The van der Waals surface area contributed by atoms with Crippen molar-refractivity contribution >= 4 is 23.5 Å². The van der Waals surface area contributed by atoms with Gasteiger partial charge in [-0.2, -0.15) is 5.10 Å². The fourth-order valence-corrected chi connectivity index (χ4v) is 3.31. The van der Waals surface area contributed by atoms with E-state index in [0.717, 1.165) is 22.5 Å². The summed E-state index contributed by atoms with van der Waals surface area (Å²) in [4.78, 5) is 12.6. The van der Waals surface area contributed by atoms with E-state index in [1.54, 1.807) is 30.0 Å². The second kappa shape index (κ2) is 8.97. The van der Waals surface area contributed by atoms with Crippen molar-refractivity contribution in [2.24, 2.45) is 7.05 Å². The molecule has 0 unspecified atom stereocenters. The zero-order valence-corrected chi connectivity index (χ0v) is 17.7. The Balaban J connectivity index is 1.80. The number of ketones is 1. The van der Waals surface area contributed by atoms with Gasteiger partial charge in [-0.1, -0.05) is 35.9 Å². The predicted molar refractivity (Wildman–Crippen MR) is 115 cm³/mol. The van der Waals surface area contributed by atoms with Crippen LogP contribution in [-0.4, -0.2) is 22.7 Å². The molecule has 0 aliphatic heterocycles. The quantitative estimate of drug-likeness (QED) is 0.398. The largest absolute Gasteiger partial charge is 0.496 e. The van der Waals surface area contributed by atoms with Crippen molar-refractivity contribution in [1.82, 2.24) is 9.78 Å². The van der Waals surface area contributed by atoms with Crippen LogP contribution in [0.2, 0.25) is 5.02 Å². The molecule has 0 N–H and O–H groups in total. The summed E-state index contributed by atoms with van der Waals surface area (Å²) in [6, 6.07) is 13.0. The van der Waals surface area contributed by atoms with E-state index in [4.69, 9.17) is 21.1 Å². The number of methoxy groups -OCH3 is 1. The van der Waals surface area contributed by atoms with Crippen molar-refractivity contribution < 1.29 is 14.3 Å². The minimum Gasteiger partial charge on any atom is -0.496 e. The third-order valence-electron chi connectivity index (χ3n) is 4.71. The van der Waals surface area contributed by atoms with Gasteiger partial charge in [0.15, 0.2) is 5.78 Å². The van der Waals surface area contributed by atoms with Crippen LogP contribution in [0.15, 0.2) is 48.5 Å². The van der Waals surface area contributed by atoms with Crippen LogP contribution in [0.4, 0.5) is 0 Å². The molecule has 0 bridgehead atoms. The minimum atomic E-state index is -0.0715. The second-order valence-electron chi connectivity index (χ2n) is 6.66. The lowest BCUT2D eigenvalue weighted by atomic mass is 10.1. The monoisotopic (exact) mass is 410 g/mol. The number of halogens is 1. The number of carbonyl (C=O) groups excluding carboxylic acids is 1. The number of hydrogen-bond acceptors (Lipinski definition) is 4. The summed E-state index contributed by atoms with van der Waals surface area (Å²) >= 11 is 6.15. The summed E-state index contributed by atoms with van der Waals surface area (Å²) in [6.07, 6.45) is 3.35. The van der Waals surface area contributed by atoms with Crippen LogP contribution in [-0.2, 0) is 13.7 Å². The molecule has 0 aliphatic carbocycles. The molecule has 0 atom stereocenters. The Labute approximate surface area is 175 Å². The average Bonchev–Trinajstić information content (AvgIpc) is 2.97. The van der Waals surface area contributed by atoms with Gasteiger partial charge in [0.25, 0.3) is 0 Å². The lowest BCUT2D eigenvalue weighted by Crippen LogP contribution is -2.00. The van der Waals surface area contributed by atoms with Crippen LogP contribution in [0.25, 0.3) is 6.08 Å². The lowest BCUT2D eigenvalue weighted by molar-refractivity contribution is 0.104. The Bertz CT molecular complexity index is 1070. The van der Waals surface area contributed by atoms with Crippen LogP contribution in [0.1, 0.15) is 32.9 Å². The van der Waals surface area contributed by atoms with Gasteiger partial charge in [0.05, 0.1) is 23.4 Å². The average molecular weight is 411 g/mol. The van der Waals surface area contributed by atoms with Gasteiger partial charge in [-0.3, -0.25) is 9.48 Å². The van der Waals surface area contributed by atoms with Crippen LogP contribution in [0.5, 0.6) is 11.5 Å². The van der Waals surface area contributed by atoms with E-state index in [1.807, 2.05) is 57.3 Å². The molecule has 0 saturated carbocycles. The number of carbonyl (C=O) groups is 1. The summed E-state index contributed by atoms with van der Waals surface area (Å²) in [5.74, 6) is 1.24. The molecule has 0 aliphatic rings. The molecule has 3 aromatic rings. The molecular formula is C23H23ClN2O3. The number of nitrogens with zero attached hydrogens (tertiary/aromatic N) is 2. The van der Waals surface area contributed by atoms with Crippen molar-refractivity contribution in [3.05, 3.63) is 81.6 Å². The SMILES string of the molecule is COc1ccc(/C=C/C(=O)c2c(C)nn(C)c2C)cc1COc1ccccc1Cl. The van der Waals surface area contributed by atoms with Crippen LogP contribution >= 0.6 is 11.6 Å². The maximum Gasteiger partial charge on any atom is 0.189 e. The van der Waals surface area contributed by atoms with E-state index in [-0.39, 0.29) is 5.78 Å². The Morgan fingerprint density at radius 2 is 1.93 bits per heavy atom. The molecule has 6 heteroatoms. The molecule has 1 heterocycles. The van der Waals surface area contributed by atoms with Gasteiger partial charge in [0.2, 0.25) is 0 Å². The Morgan fingerprint density at radius 1 is 1.17 bits per heavy atom. The first kappa shape index (κ1) is 20.7. The zero-order chi connectivity index (χ0) is 21.0. The summed E-state index contributed by atoms with van der Waals surface area (Å²) in [6.45, 7) is 4.02. The van der Waals surface area contributed by atoms with Gasteiger partial charge in [-0.25, -0.2) is 0 Å². The lowest BCUT2D eigenvalue weighted by Gasteiger charge is -2.12. The van der Waals surface area contributed by atoms with Crippen molar-refractivity contribution in [2.45, 2.75) is 20.5 Å². The molecule has 2 aromatic carbocycles. The van der Waals surface area contributed by atoms with Crippen molar-refractivity contribution in [2.75, 3.05) is 7.11 Å². The predicted octanol–water partition coefficient (Wildman–Crippen LogP) is 5.17. The topological polar surface area (TPSA) is 53.3 Å². The number of allylic oxidation sites excluding steroid dienone is 1.